The van der Waals surface area contributed by atoms with E-state index >= 15 is 0 Å². The predicted octanol–water partition coefficient (Wildman–Crippen LogP) is 0.829. The summed E-state index contributed by atoms with van der Waals surface area (Å²) < 4.78 is 0. The normalized spacial score (nSPS) is 17.3. The van der Waals surface area contributed by atoms with Gasteiger partial charge in [-0.3, -0.25) is 9.78 Å². The van der Waals surface area contributed by atoms with Gasteiger partial charge in [0.2, 0.25) is 0 Å². The van der Waals surface area contributed by atoms with Crippen molar-refractivity contribution >= 4 is 5.97 Å². The van der Waals surface area contributed by atoms with Gasteiger partial charge in [0.25, 0.3) is 0 Å². The third-order valence-corrected chi connectivity index (χ3v) is 2.50. The van der Waals surface area contributed by atoms with Gasteiger partial charge in [0.1, 0.15) is 6.04 Å². The fraction of sp³-hybridized carbons (Fsp3) is 0.455. The maximum Gasteiger partial charge on any atom is 0.321 e. The summed E-state index contributed by atoms with van der Waals surface area (Å²) in [6.07, 6.45) is 6.09. The summed E-state index contributed by atoms with van der Waals surface area (Å²) in [6, 6.07) is 3.64. The first-order valence-electron chi connectivity index (χ1n) is 5.13. The zero-order chi connectivity index (χ0) is 10.7. The number of carbonyl (C=O) groups is 1. The Kier molecular flexibility index (Phi) is 2.97. The molecule has 1 atom stereocenters. The van der Waals surface area contributed by atoms with E-state index in [1.165, 1.54) is 0 Å². The van der Waals surface area contributed by atoms with E-state index in [0.717, 1.165) is 18.4 Å². The second-order valence-corrected chi connectivity index (χ2v) is 3.89. The van der Waals surface area contributed by atoms with Crippen molar-refractivity contribution in [1.82, 2.24) is 10.3 Å². The lowest BCUT2D eigenvalue weighted by atomic mass is 10.1. The summed E-state index contributed by atoms with van der Waals surface area (Å²) >= 11 is 0. The number of carboxylic acids is 1. The Morgan fingerprint density at radius 2 is 2.20 bits per heavy atom. The first kappa shape index (κ1) is 10.1. The zero-order valence-corrected chi connectivity index (χ0v) is 8.39. The minimum absolute atomic E-state index is 0.410. The molecule has 0 aromatic carbocycles. The molecule has 0 radical (unpaired) electrons. The second-order valence-electron chi connectivity index (χ2n) is 3.89. The van der Waals surface area contributed by atoms with Crippen molar-refractivity contribution in [2.45, 2.75) is 31.3 Å². The number of aromatic nitrogens is 1. The maximum atomic E-state index is 11.0. The van der Waals surface area contributed by atoms with Crippen LogP contribution in [0.4, 0.5) is 0 Å². The van der Waals surface area contributed by atoms with Gasteiger partial charge in [-0.15, -0.1) is 0 Å². The number of carboxylic acid groups (broad SMARTS) is 1. The van der Waals surface area contributed by atoms with Gasteiger partial charge >= 0.3 is 5.97 Å². The Bertz CT molecular complexity index is 336. The maximum absolute atomic E-state index is 11.0. The van der Waals surface area contributed by atoms with Crippen molar-refractivity contribution in [2.75, 3.05) is 0 Å². The van der Waals surface area contributed by atoms with Crippen molar-refractivity contribution in [3.05, 3.63) is 30.1 Å². The van der Waals surface area contributed by atoms with Gasteiger partial charge in [-0.2, -0.15) is 0 Å². The monoisotopic (exact) mass is 206 g/mol. The quantitative estimate of drug-likeness (QED) is 0.749. The van der Waals surface area contributed by atoms with E-state index in [-0.39, 0.29) is 0 Å². The van der Waals surface area contributed by atoms with Crippen molar-refractivity contribution in [1.29, 1.82) is 0 Å². The molecule has 0 aliphatic heterocycles. The molecular weight excluding hydrogens is 192 g/mol. The third-order valence-electron chi connectivity index (χ3n) is 2.50. The number of nitrogens with one attached hydrogen (secondary N) is 1. The molecule has 1 aromatic rings. The minimum Gasteiger partial charge on any atom is -0.480 e. The van der Waals surface area contributed by atoms with Crippen LogP contribution in [0.25, 0.3) is 0 Å². The lowest BCUT2D eigenvalue weighted by Gasteiger charge is -2.13. The van der Waals surface area contributed by atoms with Crippen LogP contribution in [0.5, 0.6) is 0 Å². The molecule has 1 saturated carbocycles. The van der Waals surface area contributed by atoms with Gasteiger partial charge < -0.3 is 10.4 Å². The second kappa shape index (κ2) is 4.40. The van der Waals surface area contributed by atoms with E-state index in [4.69, 9.17) is 5.11 Å². The van der Waals surface area contributed by atoms with Crippen LogP contribution < -0.4 is 5.32 Å². The van der Waals surface area contributed by atoms with E-state index in [2.05, 4.69) is 10.3 Å². The lowest BCUT2D eigenvalue weighted by Crippen LogP contribution is -2.39. The Morgan fingerprint density at radius 1 is 1.53 bits per heavy atom. The number of nitrogens with zero attached hydrogens (tertiary/aromatic N) is 1. The highest BCUT2D eigenvalue weighted by atomic mass is 16.4. The highest BCUT2D eigenvalue weighted by Crippen LogP contribution is 2.20. The average Bonchev–Trinajstić information content (AvgIpc) is 3.02. The summed E-state index contributed by atoms with van der Waals surface area (Å²) in [7, 11) is 0. The SMILES string of the molecule is O=C(O)[C@@H](Cc1ccncc1)NC1CC1. The molecule has 1 aliphatic rings. The van der Waals surface area contributed by atoms with Crippen LogP contribution in [0.15, 0.2) is 24.5 Å². The molecule has 0 bridgehead atoms. The summed E-state index contributed by atoms with van der Waals surface area (Å²) in [6.45, 7) is 0. The average molecular weight is 206 g/mol. The van der Waals surface area contributed by atoms with Crippen LogP contribution in [0.1, 0.15) is 18.4 Å². The van der Waals surface area contributed by atoms with Crippen molar-refractivity contribution in [3.63, 3.8) is 0 Å². The minimum atomic E-state index is -0.779. The third kappa shape index (κ3) is 3.02. The fourth-order valence-corrected chi connectivity index (χ4v) is 1.51. The van der Waals surface area contributed by atoms with Crippen molar-refractivity contribution < 1.29 is 9.90 Å². The molecule has 1 aromatic heterocycles. The molecule has 2 N–H and O–H groups in total. The molecule has 4 nitrogen and oxygen atoms in total. The molecule has 0 saturated heterocycles. The van der Waals surface area contributed by atoms with E-state index in [0.29, 0.717) is 12.5 Å². The molecule has 80 valence electrons. The van der Waals surface area contributed by atoms with Gasteiger partial charge in [0, 0.05) is 18.4 Å². The molecule has 2 rings (SSSR count). The van der Waals surface area contributed by atoms with E-state index in [1.807, 2.05) is 12.1 Å². The number of pyridine rings is 1. The van der Waals surface area contributed by atoms with Gasteiger partial charge in [-0.25, -0.2) is 0 Å². The zero-order valence-electron chi connectivity index (χ0n) is 8.39. The van der Waals surface area contributed by atoms with Crippen LogP contribution in [0, 0.1) is 0 Å². The van der Waals surface area contributed by atoms with E-state index in [1.54, 1.807) is 12.4 Å². The molecule has 0 spiro atoms. The van der Waals surface area contributed by atoms with Crippen LogP contribution in [-0.4, -0.2) is 28.1 Å². The topological polar surface area (TPSA) is 62.2 Å². The van der Waals surface area contributed by atoms with Crippen LogP contribution >= 0.6 is 0 Å². The van der Waals surface area contributed by atoms with Gasteiger partial charge in [-0.05, 0) is 37.0 Å². The fourth-order valence-electron chi connectivity index (χ4n) is 1.51. The Morgan fingerprint density at radius 3 is 2.73 bits per heavy atom. The Hall–Kier alpha value is -1.42. The van der Waals surface area contributed by atoms with Gasteiger partial charge in [0.15, 0.2) is 0 Å². The number of rotatable bonds is 5. The molecule has 1 heterocycles. The van der Waals surface area contributed by atoms with Crippen molar-refractivity contribution in [3.8, 4) is 0 Å². The summed E-state index contributed by atoms with van der Waals surface area (Å²) in [5.74, 6) is -0.779. The summed E-state index contributed by atoms with van der Waals surface area (Å²) in [4.78, 5) is 14.9. The molecule has 1 fully saturated rings. The van der Waals surface area contributed by atoms with Crippen LogP contribution in [-0.2, 0) is 11.2 Å². The number of aliphatic carboxylic acids is 1. The molecule has 15 heavy (non-hydrogen) atoms. The van der Waals surface area contributed by atoms with Gasteiger partial charge in [-0.1, -0.05) is 0 Å². The molecular formula is C11H14N2O2. The summed E-state index contributed by atoms with van der Waals surface area (Å²) in [5, 5.41) is 12.2. The predicted molar refractivity (Wildman–Crippen MR) is 55.5 cm³/mol. The first-order chi connectivity index (χ1) is 7.25. The molecule has 1 aliphatic carbocycles. The number of hydrogen-bond acceptors (Lipinski definition) is 3. The van der Waals surface area contributed by atoms with Crippen LogP contribution in [0.2, 0.25) is 0 Å². The summed E-state index contributed by atoms with van der Waals surface area (Å²) in [5.41, 5.74) is 1.01. The van der Waals surface area contributed by atoms with Crippen LogP contribution in [0.3, 0.4) is 0 Å². The smallest absolute Gasteiger partial charge is 0.321 e. The standard InChI is InChI=1S/C11H14N2O2/c14-11(15)10(13-9-1-2-9)7-8-3-5-12-6-4-8/h3-6,9-10,13H,1-2,7H2,(H,14,15)/t10-/m1/s1. The Labute approximate surface area is 88.3 Å². The Balaban J connectivity index is 1.96. The molecule has 0 amide bonds. The van der Waals surface area contributed by atoms with Crippen molar-refractivity contribution in [2.24, 2.45) is 0 Å². The van der Waals surface area contributed by atoms with E-state index < -0.39 is 12.0 Å². The largest absolute Gasteiger partial charge is 0.480 e. The first-order valence-corrected chi connectivity index (χ1v) is 5.13. The molecule has 4 heteroatoms. The molecule has 0 unspecified atom stereocenters. The van der Waals surface area contributed by atoms with E-state index in [9.17, 15) is 4.79 Å². The highest BCUT2D eigenvalue weighted by Gasteiger charge is 2.28. The number of hydrogen-bond donors (Lipinski definition) is 2. The lowest BCUT2D eigenvalue weighted by molar-refractivity contribution is -0.139. The highest BCUT2D eigenvalue weighted by molar-refractivity contribution is 5.74. The van der Waals surface area contributed by atoms with Gasteiger partial charge in [0.05, 0.1) is 0 Å².